The number of hydrogen-bond donors (Lipinski definition) is 0. The highest BCUT2D eigenvalue weighted by Gasteiger charge is 2.02. The van der Waals surface area contributed by atoms with E-state index in [0.29, 0.717) is 11.5 Å². The van der Waals surface area contributed by atoms with Crippen molar-refractivity contribution in [3.8, 4) is 6.07 Å². The summed E-state index contributed by atoms with van der Waals surface area (Å²) in [6.07, 6.45) is 2.57. The van der Waals surface area contributed by atoms with Crippen molar-refractivity contribution in [2.24, 2.45) is 0 Å². The van der Waals surface area contributed by atoms with Crippen LogP contribution in [0.2, 0.25) is 0 Å². The molecular formula is C12H8N2O3. The average molecular weight is 228 g/mol. The molecule has 0 spiro atoms. The van der Waals surface area contributed by atoms with Gasteiger partial charge in [-0.1, -0.05) is 12.1 Å². The maximum Gasteiger partial charge on any atom is 0.331 e. The van der Waals surface area contributed by atoms with Gasteiger partial charge in [0, 0.05) is 12.2 Å². The third kappa shape index (κ3) is 2.69. The summed E-state index contributed by atoms with van der Waals surface area (Å²) >= 11 is 0. The van der Waals surface area contributed by atoms with Crippen LogP contribution in [0.5, 0.6) is 0 Å². The van der Waals surface area contributed by atoms with Crippen molar-refractivity contribution in [2.45, 2.75) is 0 Å². The van der Waals surface area contributed by atoms with Crippen molar-refractivity contribution < 1.29 is 13.9 Å². The normalized spacial score (nSPS) is 10.5. The molecule has 0 unspecified atom stereocenters. The first-order valence-electron chi connectivity index (χ1n) is 4.87. The Kier molecular flexibility index (Phi) is 3.17. The molecule has 0 saturated heterocycles. The molecule has 1 aromatic carbocycles. The topological polar surface area (TPSA) is 76.1 Å². The number of benzene rings is 1. The number of nitriles is 1. The van der Waals surface area contributed by atoms with Gasteiger partial charge in [0.1, 0.15) is 11.6 Å². The minimum atomic E-state index is -0.603. The summed E-state index contributed by atoms with van der Waals surface area (Å²) in [4.78, 5) is 15.2. The number of ether oxygens (including phenoxy) is 1. The predicted octanol–water partition coefficient (Wildman–Crippen LogP) is 1.91. The van der Waals surface area contributed by atoms with Gasteiger partial charge in [0.05, 0.1) is 0 Å². The number of rotatable bonds is 3. The first-order valence-corrected chi connectivity index (χ1v) is 4.87. The van der Waals surface area contributed by atoms with E-state index in [1.165, 1.54) is 12.2 Å². The fourth-order valence-corrected chi connectivity index (χ4v) is 1.25. The standard InChI is InChI=1S/C12H8N2O3/c13-7-8-16-12(15)6-5-11-14-9-3-1-2-4-10(9)17-11/h1-6H,8H2/b6-5+. The summed E-state index contributed by atoms with van der Waals surface area (Å²) in [7, 11) is 0. The second-order valence-corrected chi connectivity index (χ2v) is 3.12. The number of fused-ring (bicyclic) bond motifs is 1. The second-order valence-electron chi connectivity index (χ2n) is 3.12. The Morgan fingerprint density at radius 2 is 2.35 bits per heavy atom. The lowest BCUT2D eigenvalue weighted by molar-refractivity contribution is -0.136. The molecule has 5 nitrogen and oxygen atoms in total. The summed E-state index contributed by atoms with van der Waals surface area (Å²) < 4.78 is 9.88. The Hall–Kier alpha value is -2.61. The Labute approximate surface area is 96.9 Å². The minimum Gasteiger partial charge on any atom is -0.447 e. The number of oxazole rings is 1. The Morgan fingerprint density at radius 3 is 3.12 bits per heavy atom. The molecule has 17 heavy (non-hydrogen) atoms. The van der Waals surface area contributed by atoms with E-state index in [0.717, 1.165) is 5.52 Å². The molecule has 1 heterocycles. The maximum atomic E-state index is 11.1. The Balaban J connectivity index is 2.11. The lowest BCUT2D eigenvalue weighted by Gasteiger charge is -1.91. The van der Waals surface area contributed by atoms with Gasteiger partial charge in [-0.15, -0.1) is 0 Å². The van der Waals surface area contributed by atoms with Crippen LogP contribution in [0.25, 0.3) is 17.2 Å². The van der Waals surface area contributed by atoms with Gasteiger partial charge in [0.15, 0.2) is 12.2 Å². The number of para-hydroxylation sites is 2. The van der Waals surface area contributed by atoms with Gasteiger partial charge in [-0.2, -0.15) is 5.26 Å². The maximum absolute atomic E-state index is 11.1. The Morgan fingerprint density at radius 1 is 1.53 bits per heavy atom. The van der Waals surface area contributed by atoms with Crippen LogP contribution in [-0.2, 0) is 9.53 Å². The second kappa shape index (κ2) is 4.94. The van der Waals surface area contributed by atoms with E-state index >= 15 is 0 Å². The highest BCUT2D eigenvalue weighted by Crippen LogP contribution is 2.15. The van der Waals surface area contributed by atoms with Gasteiger partial charge in [-0.05, 0) is 12.1 Å². The van der Waals surface area contributed by atoms with E-state index in [9.17, 15) is 4.79 Å². The SMILES string of the molecule is N#CCOC(=O)/C=C/c1nc2ccccc2o1. The van der Waals surface area contributed by atoms with Crippen molar-refractivity contribution in [2.75, 3.05) is 6.61 Å². The van der Waals surface area contributed by atoms with E-state index in [1.54, 1.807) is 12.1 Å². The van der Waals surface area contributed by atoms with E-state index < -0.39 is 5.97 Å². The van der Waals surface area contributed by atoms with Crippen LogP contribution in [0.4, 0.5) is 0 Å². The van der Waals surface area contributed by atoms with Crippen LogP contribution in [-0.4, -0.2) is 17.6 Å². The fourth-order valence-electron chi connectivity index (χ4n) is 1.25. The third-order valence-electron chi connectivity index (χ3n) is 1.95. The van der Waals surface area contributed by atoms with E-state index in [4.69, 9.17) is 9.68 Å². The molecular weight excluding hydrogens is 220 g/mol. The third-order valence-corrected chi connectivity index (χ3v) is 1.95. The number of nitrogens with zero attached hydrogens (tertiary/aromatic N) is 2. The fraction of sp³-hybridized carbons (Fsp3) is 0.0833. The van der Waals surface area contributed by atoms with Crippen molar-refractivity contribution in [1.82, 2.24) is 4.98 Å². The summed E-state index contributed by atoms with van der Waals surface area (Å²) in [5.74, 6) is -0.283. The lowest BCUT2D eigenvalue weighted by Crippen LogP contribution is -1.99. The number of carbonyl (C=O) groups excluding carboxylic acids is 1. The molecule has 0 aliphatic heterocycles. The molecule has 0 N–H and O–H groups in total. The van der Waals surface area contributed by atoms with Crippen LogP contribution >= 0.6 is 0 Å². The Bertz CT molecular complexity index is 574. The highest BCUT2D eigenvalue weighted by molar-refractivity contribution is 5.87. The molecule has 0 bridgehead atoms. The monoisotopic (exact) mass is 228 g/mol. The first-order chi connectivity index (χ1) is 8.29. The average Bonchev–Trinajstić information content (AvgIpc) is 2.76. The van der Waals surface area contributed by atoms with E-state index in [2.05, 4.69) is 9.72 Å². The van der Waals surface area contributed by atoms with Gasteiger partial charge >= 0.3 is 5.97 Å². The molecule has 2 rings (SSSR count). The van der Waals surface area contributed by atoms with Gasteiger partial charge in [-0.25, -0.2) is 9.78 Å². The zero-order valence-electron chi connectivity index (χ0n) is 8.79. The summed E-state index contributed by atoms with van der Waals surface area (Å²) in [5, 5.41) is 8.21. The number of aromatic nitrogens is 1. The molecule has 5 heteroatoms. The molecule has 0 aliphatic carbocycles. The van der Waals surface area contributed by atoms with Crippen molar-refractivity contribution in [3.63, 3.8) is 0 Å². The van der Waals surface area contributed by atoms with Gasteiger partial charge in [0.2, 0.25) is 5.89 Å². The number of hydrogen-bond acceptors (Lipinski definition) is 5. The largest absolute Gasteiger partial charge is 0.447 e. The molecule has 0 saturated carbocycles. The zero-order chi connectivity index (χ0) is 12.1. The lowest BCUT2D eigenvalue weighted by atomic mass is 10.3. The molecule has 0 aliphatic rings. The minimum absolute atomic E-state index is 0.267. The van der Waals surface area contributed by atoms with Crippen molar-refractivity contribution >= 4 is 23.1 Å². The van der Waals surface area contributed by atoms with Crippen LogP contribution < -0.4 is 0 Å². The van der Waals surface area contributed by atoms with Crippen molar-refractivity contribution in [1.29, 1.82) is 5.26 Å². The van der Waals surface area contributed by atoms with E-state index in [1.807, 2.05) is 18.2 Å². The predicted molar refractivity (Wildman–Crippen MR) is 59.6 cm³/mol. The molecule has 2 aromatic rings. The van der Waals surface area contributed by atoms with Crippen LogP contribution in [0, 0.1) is 11.3 Å². The zero-order valence-corrected chi connectivity index (χ0v) is 8.79. The first kappa shape index (κ1) is 10.9. The molecule has 84 valence electrons. The molecule has 0 fully saturated rings. The quantitative estimate of drug-likeness (QED) is 0.592. The van der Waals surface area contributed by atoms with Crippen LogP contribution in [0.1, 0.15) is 5.89 Å². The van der Waals surface area contributed by atoms with E-state index in [-0.39, 0.29) is 6.61 Å². The van der Waals surface area contributed by atoms with Crippen LogP contribution in [0.3, 0.4) is 0 Å². The van der Waals surface area contributed by atoms with Crippen LogP contribution in [0.15, 0.2) is 34.8 Å². The summed E-state index contributed by atoms with van der Waals surface area (Å²) in [6, 6.07) is 8.98. The summed E-state index contributed by atoms with van der Waals surface area (Å²) in [6.45, 7) is -0.267. The molecule has 0 amide bonds. The van der Waals surface area contributed by atoms with Gasteiger partial charge < -0.3 is 9.15 Å². The van der Waals surface area contributed by atoms with Gasteiger partial charge in [-0.3, -0.25) is 0 Å². The molecule has 0 atom stereocenters. The summed E-state index contributed by atoms with van der Waals surface area (Å²) in [5.41, 5.74) is 1.37. The number of carbonyl (C=O) groups is 1. The van der Waals surface area contributed by atoms with Gasteiger partial charge in [0.25, 0.3) is 0 Å². The smallest absolute Gasteiger partial charge is 0.331 e. The molecule has 1 aromatic heterocycles. The number of esters is 1. The molecule has 0 radical (unpaired) electrons. The van der Waals surface area contributed by atoms with Crippen molar-refractivity contribution in [3.05, 3.63) is 36.2 Å². The highest BCUT2D eigenvalue weighted by atomic mass is 16.5.